The fraction of sp³-hybridized carbons (Fsp3) is 0.292. The largest absolute Gasteiger partial charge is 0.494 e. The number of hydrogen-bond acceptors (Lipinski definition) is 6. The second kappa shape index (κ2) is 9.93. The van der Waals surface area contributed by atoms with Crippen LogP contribution in [0.25, 0.3) is 16.3 Å². The van der Waals surface area contributed by atoms with E-state index >= 15 is 0 Å². The summed E-state index contributed by atoms with van der Waals surface area (Å²) in [6.45, 7) is 5.79. The molecule has 7 nitrogen and oxygen atoms in total. The summed E-state index contributed by atoms with van der Waals surface area (Å²) in [5.41, 5.74) is 2.31. The first-order valence-corrected chi connectivity index (χ1v) is 11.4. The molecule has 2 heterocycles. The zero-order valence-corrected chi connectivity index (χ0v) is 19.0. The summed E-state index contributed by atoms with van der Waals surface area (Å²) < 4.78 is 6.29. The van der Waals surface area contributed by atoms with Crippen molar-refractivity contribution in [2.24, 2.45) is 0 Å². The average Bonchev–Trinajstić information content (AvgIpc) is 3.20. The van der Waals surface area contributed by atoms with Gasteiger partial charge in [-0.15, -0.1) is 0 Å². The number of nitrogens with one attached hydrogen (secondary N) is 1. The maximum absolute atomic E-state index is 12.8. The van der Waals surface area contributed by atoms with Crippen LogP contribution in [0.5, 0.6) is 5.75 Å². The average molecular weight is 451 g/mol. The molecular formula is C24H26N4O3S. The third kappa shape index (κ3) is 5.33. The number of piperazine rings is 1. The van der Waals surface area contributed by atoms with E-state index in [-0.39, 0.29) is 11.8 Å². The van der Waals surface area contributed by atoms with E-state index in [0.29, 0.717) is 17.3 Å². The fourth-order valence-electron chi connectivity index (χ4n) is 3.46. The number of hydrogen-bond donors (Lipinski definition) is 1. The number of fused-ring (bicyclic) bond motifs is 1. The number of nitrogens with zero attached hydrogens (tertiary/aromatic N) is 3. The molecule has 1 fully saturated rings. The summed E-state index contributed by atoms with van der Waals surface area (Å²) in [4.78, 5) is 33.7. The van der Waals surface area contributed by atoms with Gasteiger partial charge in [0.2, 0.25) is 5.91 Å². The monoisotopic (exact) mass is 450 g/mol. The van der Waals surface area contributed by atoms with Gasteiger partial charge in [0.25, 0.3) is 5.91 Å². The lowest BCUT2D eigenvalue weighted by Gasteiger charge is -2.32. The molecule has 0 aliphatic carbocycles. The van der Waals surface area contributed by atoms with Crippen LogP contribution in [0.4, 0.5) is 5.13 Å². The summed E-state index contributed by atoms with van der Waals surface area (Å²) in [5, 5.41) is 3.31. The van der Waals surface area contributed by atoms with E-state index in [4.69, 9.17) is 4.74 Å². The Morgan fingerprint density at radius 3 is 2.59 bits per heavy atom. The Balaban J connectivity index is 1.40. The molecule has 1 aliphatic heterocycles. The molecule has 0 bridgehead atoms. The number of carbonyl (C=O) groups excluding carboxylic acids is 2. The number of aromatic nitrogens is 1. The van der Waals surface area contributed by atoms with Crippen LogP contribution in [0.1, 0.15) is 22.8 Å². The number of ether oxygens (including phenoxy) is 1. The number of anilines is 1. The highest BCUT2D eigenvalue weighted by Crippen LogP contribution is 2.27. The predicted molar refractivity (Wildman–Crippen MR) is 128 cm³/mol. The van der Waals surface area contributed by atoms with Crippen LogP contribution in [-0.4, -0.2) is 66.4 Å². The van der Waals surface area contributed by atoms with Gasteiger partial charge in [-0.05, 0) is 55.9 Å². The van der Waals surface area contributed by atoms with Gasteiger partial charge in [-0.3, -0.25) is 14.9 Å². The zero-order valence-electron chi connectivity index (χ0n) is 18.2. The van der Waals surface area contributed by atoms with Crippen LogP contribution < -0.4 is 10.1 Å². The van der Waals surface area contributed by atoms with Gasteiger partial charge in [-0.25, -0.2) is 4.98 Å². The minimum Gasteiger partial charge on any atom is -0.494 e. The lowest BCUT2D eigenvalue weighted by Crippen LogP contribution is -2.47. The Morgan fingerprint density at radius 2 is 1.88 bits per heavy atom. The molecule has 3 aromatic rings. The molecule has 1 N–H and O–H groups in total. The molecule has 8 heteroatoms. The van der Waals surface area contributed by atoms with Gasteiger partial charge < -0.3 is 14.5 Å². The van der Waals surface area contributed by atoms with Gasteiger partial charge in [0, 0.05) is 37.8 Å². The molecule has 2 aromatic carbocycles. The highest BCUT2D eigenvalue weighted by molar-refractivity contribution is 7.22. The minimum absolute atomic E-state index is 0.0391. The van der Waals surface area contributed by atoms with Crippen LogP contribution in [0.3, 0.4) is 0 Å². The molecule has 0 unspecified atom stereocenters. The number of rotatable bonds is 6. The Kier molecular flexibility index (Phi) is 6.82. The standard InChI is InChI=1S/C24H26N4O3S/c1-3-31-19-8-4-17(5-9-19)6-11-22(29)26-24-25-20-10-7-18(16-21(20)32-24)23(30)28-14-12-27(2)13-15-28/h4-11,16H,3,12-15H2,1-2H3,(H,25,26,29)/b11-6+. The third-order valence-corrected chi connectivity index (χ3v) is 6.21. The molecule has 0 atom stereocenters. The van der Waals surface area contributed by atoms with Gasteiger partial charge in [0.15, 0.2) is 5.13 Å². The Hall–Kier alpha value is -3.23. The first kappa shape index (κ1) is 22.0. The van der Waals surface area contributed by atoms with Crippen LogP contribution >= 0.6 is 11.3 Å². The highest BCUT2D eigenvalue weighted by Gasteiger charge is 2.21. The number of thiazole rings is 1. The van der Waals surface area contributed by atoms with Crippen molar-refractivity contribution in [2.75, 3.05) is 45.2 Å². The molecule has 32 heavy (non-hydrogen) atoms. The molecule has 166 valence electrons. The molecule has 0 spiro atoms. The zero-order chi connectivity index (χ0) is 22.5. The van der Waals surface area contributed by atoms with Gasteiger partial charge in [0.1, 0.15) is 5.75 Å². The van der Waals surface area contributed by atoms with Crippen molar-refractivity contribution >= 4 is 44.6 Å². The third-order valence-electron chi connectivity index (χ3n) is 5.27. The molecule has 0 radical (unpaired) electrons. The number of carbonyl (C=O) groups is 2. The van der Waals surface area contributed by atoms with Crippen LogP contribution in [0.15, 0.2) is 48.5 Å². The summed E-state index contributed by atoms with van der Waals surface area (Å²) in [6, 6.07) is 13.0. The first-order chi connectivity index (χ1) is 15.5. The topological polar surface area (TPSA) is 74.8 Å². The number of likely N-dealkylation sites (N-methyl/N-ethyl adjacent to an activating group) is 1. The van der Waals surface area contributed by atoms with E-state index in [0.717, 1.165) is 47.7 Å². The Morgan fingerprint density at radius 1 is 1.12 bits per heavy atom. The molecule has 0 saturated carbocycles. The molecule has 1 aliphatic rings. The summed E-state index contributed by atoms with van der Waals surface area (Å²) >= 11 is 1.36. The highest BCUT2D eigenvalue weighted by atomic mass is 32.1. The second-order valence-corrected chi connectivity index (χ2v) is 8.65. The quantitative estimate of drug-likeness (QED) is 0.579. The van der Waals surface area contributed by atoms with Crippen LogP contribution in [0, 0.1) is 0 Å². The summed E-state index contributed by atoms with van der Waals surface area (Å²) in [7, 11) is 2.06. The minimum atomic E-state index is -0.258. The van der Waals surface area contributed by atoms with E-state index in [1.54, 1.807) is 12.1 Å². The van der Waals surface area contributed by atoms with Crippen molar-refractivity contribution in [1.29, 1.82) is 0 Å². The van der Waals surface area contributed by atoms with Crippen LogP contribution in [-0.2, 0) is 4.79 Å². The van der Waals surface area contributed by atoms with Gasteiger partial charge in [-0.1, -0.05) is 23.5 Å². The van der Waals surface area contributed by atoms with E-state index < -0.39 is 0 Å². The smallest absolute Gasteiger partial charge is 0.253 e. The van der Waals surface area contributed by atoms with Crippen molar-refractivity contribution in [3.63, 3.8) is 0 Å². The van der Waals surface area contributed by atoms with Crippen molar-refractivity contribution in [3.05, 3.63) is 59.7 Å². The molecule has 1 aromatic heterocycles. The lowest BCUT2D eigenvalue weighted by atomic mass is 10.1. The molecule has 2 amide bonds. The van der Waals surface area contributed by atoms with Crippen molar-refractivity contribution < 1.29 is 14.3 Å². The molecular weight excluding hydrogens is 424 g/mol. The lowest BCUT2D eigenvalue weighted by molar-refractivity contribution is -0.111. The predicted octanol–water partition coefficient (Wildman–Crippen LogP) is 3.73. The Bertz CT molecular complexity index is 1130. The Labute approximate surface area is 191 Å². The number of amides is 2. The maximum Gasteiger partial charge on any atom is 0.253 e. The van der Waals surface area contributed by atoms with E-state index in [1.807, 2.05) is 48.2 Å². The second-order valence-electron chi connectivity index (χ2n) is 7.62. The fourth-order valence-corrected chi connectivity index (χ4v) is 4.37. The maximum atomic E-state index is 12.8. The van der Waals surface area contributed by atoms with E-state index in [2.05, 4.69) is 22.2 Å². The van der Waals surface area contributed by atoms with Crippen molar-refractivity contribution in [1.82, 2.24) is 14.8 Å². The molecule has 4 rings (SSSR count). The normalized spacial score (nSPS) is 14.8. The van der Waals surface area contributed by atoms with E-state index in [9.17, 15) is 9.59 Å². The van der Waals surface area contributed by atoms with Crippen molar-refractivity contribution in [3.8, 4) is 5.75 Å². The van der Waals surface area contributed by atoms with Crippen molar-refractivity contribution in [2.45, 2.75) is 6.92 Å². The number of benzene rings is 2. The van der Waals surface area contributed by atoms with Gasteiger partial charge >= 0.3 is 0 Å². The SMILES string of the molecule is CCOc1ccc(/C=C/C(=O)Nc2nc3ccc(C(=O)N4CCN(C)CC4)cc3s2)cc1. The molecule has 1 saturated heterocycles. The summed E-state index contributed by atoms with van der Waals surface area (Å²) in [6.07, 6.45) is 3.22. The first-order valence-electron chi connectivity index (χ1n) is 10.6. The van der Waals surface area contributed by atoms with Gasteiger partial charge in [0.05, 0.1) is 16.8 Å². The van der Waals surface area contributed by atoms with E-state index in [1.165, 1.54) is 17.4 Å². The van der Waals surface area contributed by atoms with Crippen LogP contribution in [0.2, 0.25) is 0 Å². The summed E-state index contributed by atoms with van der Waals surface area (Å²) in [5.74, 6) is 0.581. The van der Waals surface area contributed by atoms with Gasteiger partial charge in [-0.2, -0.15) is 0 Å².